The molecule has 0 radical (unpaired) electrons. The number of hydrogen-bond donors (Lipinski definition) is 0. The number of Topliss-reactive ketones (excluding diaryl/α,β-unsaturated/α-hetero) is 1. The molecule has 5 nitrogen and oxygen atoms in total. The van der Waals surface area contributed by atoms with Crippen molar-refractivity contribution in [2.75, 3.05) is 6.54 Å². The number of nitrogens with zero attached hydrogens (tertiary/aromatic N) is 2. The van der Waals surface area contributed by atoms with E-state index in [1.165, 1.54) is 0 Å². The average molecular weight is 369 g/mol. The van der Waals surface area contributed by atoms with E-state index in [0.29, 0.717) is 13.0 Å². The molecule has 1 saturated heterocycles. The number of amides is 1. The van der Waals surface area contributed by atoms with Gasteiger partial charge in [-0.1, -0.05) is 6.07 Å². The van der Waals surface area contributed by atoms with Crippen molar-refractivity contribution < 1.29 is 14.3 Å². The quantitative estimate of drug-likeness (QED) is 0.767. The maximum absolute atomic E-state index is 12.5. The van der Waals surface area contributed by atoms with Gasteiger partial charge in [-0.15, -0.1) is 0 Å². The summed E-state index contributed by atoms with van der Waals surface area (Å²) in [5.74, 6) is 0.0347. The van der Waals surface area contributed by atoms with Crippen LogP contribution in [0.15, 0.2) is 22.9 Å². The highest BCUT2D eigenvalue weighted by Crippen LogP contribution is 2.22. The Morgan fingerprint density at radius 3 is 2.73 bits per heavy atom. The number of halogens is 1. The van der Waals surface area contributed by atoms with Gasteiger partial charge in [0.2, 0.25) is 0 Å². The lowest BCUT2D eigenvalue weighted by atomic mass is 10.0. The molecule has 1 aliphatic heterocycles. The van der Waals surface area contributed by atoms with E-state index >= 15 is 0 Å². The van der Waals surface area contributed by atoms with Gasteiger partial charge in [-0.25, -0.2) is 9.78 Å². The van der Waals surface area contributed by atoms with Crippen LogP contribution in [0.4, 0.5) is 4.79 Å². The summed E-state index contributed by atoms with van der Waals surface area (Å²) in [6.45, 7) is 6.05. The van der Waals surface area contributed by atoms with E-state index < -0.39 is 17.7 Å². The van der Waals surface area contributed by atoms with Gasteiger partial charge in [-0.05, 0) is 61.2 Å². The first-order chi connectivity index (χ1) is 10.3. The van der Waals surface area contributed by atoms with Crippen LogP contribution in [0, 0.1) is 0 Å². The number of pyridine rings is 1. The first kappa shape index (κ1) is 16.9. The van der Waals surface area contributed by atoms with Crippen molar-refractivity contribution in [3.8, 4) is 0 Å². The van der Waals surface area contributed by atoms with Crippen molar-refractivity contribution in [3.63, 3.8) is 0 Å². The van der Waals surface area contributed by atoms with Gasteiger partial charge in [0, 0.05) is 19.2 Å². The predicted octanol–water partition coefficient (Wildman–Crippen LogP) is 3.36. The molecule has 1 aromatic heterocycles. The molecule has 6 heteroatoms. The number of rotatable bonds is 3. The van der Waals surface area contributed by atoms with Gasteiger partial charge in [0.15, 0.2) is 5.78 Å². The molecular formula is C16H21BrN2O3. The highest BCUT2D eigenvalue weighted by molar-refractivity contribution is 9.10. The van der Waals surface area contributed by atoms with Crippen molar-refractivity contribution in [2.45, 2.75) is 51.7 Å². The summed E-state index contributed by atoms with van der Waals surface area (Å²) < 4.78 is 6.12. The number of ether oxygens (including phenoxy) is 1. The van der Waals surface area contributed by atoms with E-state index in [1.807, 2.05) is 32.9 Å². The second kappa shape index (κ2) is 6.77. The third-order valence-corrected chi connectivity index (χ3v) is 3.89. The molecule has 0 aromatic carbocycles. The Morgan fingerprint density at radius 2 is 2.14 bits per heavy atom. The van der Waals surface area contributed by atoms with E-state index in [-0.39, 0.29) is 12.2 Å². The number of ketones is 1. The van der Waals surface area contributed by atoms with Crippen LogP contribution in [0.3, 0.4) is 0 Å². The zero-order valence-electron chi connectivity index (χ0n) is 13.1. The largest absolute Gasteiger partial charge is 0.444 e. The van der Waals surface area contributed by atoms with E-state index in [0.717, 1.165) is 16.6 Å². The third-order valence-electron chi connectivity index (χ3n) is 3.42. The van der Waals surface area contributed by atoms with E-state index in [9.17, 15) is 9.59 Å². The van der Waals surface area contributed by atoms with Crippen LogP contribution < -0.4 is 0 Å². The molecule has 0 spiro atoms. The SMILES string of the molecule is CC(C)(C)OC(=O)N1CCC[C@@H]1C(=O)Cc1ccc(Br)nc1. The summed E-state index contributed by atoms with van der Waals surface area (Å²) in [7, 11) is 0. The van der Waals surface area contributed by atoms with E-state index in [1.54, 1.807) is 11.1 Å². The summed E-state index contributed by atoms with van der Waals surface area (Å²) in [5, 5.41) is 0. The minimum Gasteiger partial charge on any atom is -0.444 e. The second-order valence-electron chi connectivity index (χ2n) is 6.46. The fourth-order valence-electron chi connectivity index (χ4n) is 2.47. The lowest BCUT2D eigenvalue weighted by Crippen LogP contribution is -2.43. The Balaban J connectivity index is 2.01. The zero-order chi connectivity index (χ0) is 16.3. The van der Waals surface area contributed by atoms with Gasteiger partial charge in [0.25, 0.3) is 0 Å². The molecule has 2 rings (SSSR count). The van der Waals surface area contributed by atoms with Crippen LogP contribution in [0.2, 0.25) is 0 Å². The molecule has 1 fully saturated rings. The summed E-state index contributed by atoms with van der Waals surface area (Å²) in [4.78, 5) is 30.4. The Labute approximate surface area is 139 Å². The standard InChI is InChI=1S/C16H21BrN2O3/c1-16(2,3)22-15(21)19-8-4-5-12(19)13(20)9-11-6-7-14(17)18-10-11/h6-7,10,12H,4-5,8-9H2,1-3H3/t12-/m1/s1. The Bertz CT molecular complexity index is 552. The van der Waals surface area contributed by atoms with E-state index in [2.05, 4.69) is 20.9 Å². The summed E-state index contributed by atoms with van der Waals surface area (Å²) in [6.07, 6.45) is 3.08. The average Bonchev–Trinajstić information content (AvgIpc) is 2.89. The Hall–Kier alpha value is -1.43. The second-order valence-corrected chi connectivity index (χ2v) is 7.28. The van der Waals surface area contributed by atoms with E-state index in [4.69, 9.17) is 4.74 Å². The monoisotopic (exact) mass is 368 g/mol. The van der Waals surface area contributed by atoms with Crippen LogP contribution in [-0.4, -0.2) is 39.9 Å². The Morgan fingerprint density at radius 1 is 1.41 bits per heavy atom. The van der Waals surface area contributed by atoms with Crippen molar-refractivity contribution in [1.82, 2.24) is 9.88 Å². The molecule has 22 heavy (non-hydrogen) atoms. The van der Waals surface area contributed by atoms with Crippen molar-refractivity contribution in [1.29, 1.82) is 0 Å². The molecule has 0 aliphatic carbocycles. The molecule has 0 saturated carbocycles. The zero-order valence-corrected chi connectivity index (χ0v) is 14.7. The predicted molar refractivity (Wildman–Crippen MR) is 86.6 cm³/mol. The van der Waals surface area contributed by atoms with Crippen LogP contribution >= 0.6 is 15.9 Å². The molecule has 0 N–H and O–H groups in total. The third kappa shape index (κ3) is 4.53. The molecule has 2 heterocycles. The molecule has 1 aromatic rings. The lowest BCUT2D eigenvalue weighted by molar-refractivity contribution is -0.122. The lowest BCUT2D eigenvalue weighted by Gasteiger charge is -2.28. The number of likely N-dealkylation sites (tertiary alicyclic amines) is 1. The highest BCUT2D eigenvalue weighted by Gasteiger charge is 2.36. The van der Waals surface area contributed by atoms with Crippen molar-refractivity contribution in [3.05, 3.63) is 28.5 Å². The number of aromatic nitrogens is 1. The normalized spacial score (nSPS) is 18.4. The number of carbonyl (C=O) groups is 2. The molecule has 120 valence electrons. The molecule has 0 bridgehead atoms. The minimum absolute atomic E-state index is 0.0347. The summed E-state index contributed by atoms with van der Waals surface area (Å²) in [6, 6.07) is 3.28. The first-order valence-corrected chi connectivity index (χ1v) is 8.18. The van der Waals surface area contributed by atoms with Gasteiger partial charge < -0.3 is 4.74 Å². The van der Waals surface area contributed by atoms with Crippen LogP contribution in [0.1, 0.15) is 39.2 Å². The van der Waals surface area contributed by atoms with Gasteiger partial charge in [-0.3, -0.25) is 9.69 Å². The number of carbonyl (C=O) groups excluding carboxylic acids is 2. The van der Waals surface area contributed by atoms with Gasteiger partial charge >= 0.3 is 6.09 Å². The smallest absolute Gasteiger partial charge is 0.410 e. The summed E-state index contributed by atoms with van der Waals surface area (Å²) >= 11 is 3.27. The topological polar surface area (TPSA) is 59.5 Å². The van der Waals surface area contributed by atoms with Crippen molar-refractivity contribution in [2.24, 2.45) is 0 Å². The van der Waals surface area contributed by atoms with Crippen LogP contribution in [-0.2, 0) is 16.0 Å². The molecular weight excluding hydrogens is 348 g/mol. The summed E-state index contributed by atoms with van der Waals surface area (Å²) in [5.41, 5.74) is 0.298. The van der Waals surface area contributed by atoms with Crippen LogP contribution in [0.5, 0.6) is 0 Å². The molecule has 0 unspecified atom stereocenters. The first-order valence-electron chi connectivity index (χ1n) is 7.39. The van der Waals surface area contributed by atoms with Crippen molar-refractivity contribution >= 4 is 27.8 Å². The fourth-order valence-corrected chi connectivity index (χ4v) is 2.71. The maximum atomic E-state index is 12.5. The molecule has 1 aliphatic rings. The van der Waals surface area contributed by atoms with Gasteiger partial charge in [0.05, 0.1) is 6.04 Å². The molecule has 1 atom stereocenters. The Kier molecular flexibility index (Phi) is 5.21. The number of hydrogen-bond acceptors (Lipinski definition) is 4. The molecule has 1 amide bonds. The van der Waals surface area contributed by atoms with Crippen LogP contribution in [0.25, 0.3) is 0 Å². The fraction of sp³-hybridized carbons (Fsp3) is 0.562. The highest BCUT2D eigenvalue weighted by atomic mass is 79.9. The minimum atomic E-state index is -0.553. The van der Waals surface area contributed by atoms with Gasteiger partial charge in [0.1, 0.15) is 10.2 Å². The maximum Gasteiger partial charge on any atom is 0.410 e. The van der Waals surface area contributed by atoms with Gasteiger partial charge in [-0.2, -0.15) is 0 Å².